The van der Waals surface area contributed by atoms with Crippen LogP contribution in [0, 0.1) is 17.2 Å². The topological polar surface area (TPSA) is 41.6 Å². The molecule has 0 N–H and O–H groups in total. The molecule has 2 aliphatic carbocycles. The van der Waals surface area contributed by atoms with Gasteiger partial charge in [-0.1, -0.05) is 6.08 Å². The fourth-order valence-corrected chi connectivity index (χ4v) is 2.34. The highest BCUT2D eigenvalue weighted by molar-refractivity contribution is 5.14. The molecule has 2 aliphatic rings. The molecule has 0 bridgehead atoms. The Bertz CT molecular complexity index is 442. The van der Waals surface area contributed by atoms with E-state index in [0.29, 0.717) is 12.0 Å². The van der Waals surface area contributed by atoms with Crippen molar-refractivity contribution in [2.45, 2.75) is 37.6 Å². The molecule has 0 spiro atoms. The Hall–Kier alpha value is -1.56. The van der Waals surface area contributed by atoms with Crippen molar-refractivity contribution in [2.75, 3.05) is 0 Å². The van der Waals surface area contributed by atoms with Crippen LogP contribution in [-0.2, 0) is 0 Å². The van der Waals surface area contributed by atoms with Gasteiger partial charge in [-0.25, -0.2) is 0 Å². The normalized spacial score (nSPS) is 28.9. The number of aromatic nitrogens is 2. The molecule has 3 nitrogen and oxygen atoms in total. The molecule has 82 valence electrons. The highest BCUT2D eigenvalue weighted by Gasteiger charge is 2.31. The molecule has 16 heavy (non-hydrogen) atoms. The number of allylic oxidation sites excluding steroid dienone is 2. The van der Waals surface area contributed by atoms with E-state index in [0.717, 1.165) is 18.8 Å². The predicted octanol–water partition coefficient (Wildman–Crippen LogP) is 2.79. The predicted molar refractivity (Wildman–Crippen MR) is 60.7 cm³/mol. The van der Waals surface area contributed by atoms with Crippen molar-refractivity contribution in [3.8, 4) is 6.07 Å². The van der Waals surface area contributed by atoms with Crippen molar-refractivity contribution in [1.29, 1.82) is 5.26 Å². The molecule has 0 saturated heterocycles. The van der Waals surface area contributed by atoms with E-state index in [4.69, 9.17) is 5.26 Å². The second kappa shape index (κ2) is 3.79. The van der Waals surface area contributed by atoms with E-state index in [1.54, 1.807) is 6.08 Å². The van der Waals surface area contributed by atoms with Gasteiger partial charge in [-0.15, -0.1) is 0 Å². The summed E-state index contributed by atoms with van der Waals surface area (Å²) in [7, 11) is 0. The molecule has 0 aliphatic heterocycles. The van der Waals surface area contributed by atoms with Gasteiger partial charge in [0.25, 0.3) is 0 Å². The molecule has 0 amide bonds. The van der Waals surface area contributed by atoms with Gasteiger partial charge < -0.3 is 0 Å². The molecule has 1 heterocycles. The summed E-state index contributed by atoms with van der Waals surface area (Å²) >= 11 is 0. The zero-order chi connectivity index (χ0) is 11.0. The van der Waals surface area contributed by atoms with E-state index in [2.05, 4.69) is 22.0 Å². The summed E-state index contributed by atoms with van der Waals surface area (Å²) in [6.07, 6.45) is 10.6. The van der Waals surface area contributed by atoms with Crippen LogP contribution in [0.2, 0.25) is 0 Å². The van der Waals surface area contributed by atoms with Crippen LogP contribution in [0.25, 0.3) is 0 Å². The second-order valence-electron chi connectivity index (χ2n) is 4.87. The zero-order valence-corrected chi connectivity index (χ0v) is 9.21. The van der Waals surface area contributed by atoms with Crippen LogP contribution in [0.4, 0.5) is 0 Å². The zero-order valence-electron chi connectivity index (χ0n) is 9.21. The summed E-state index contributed by atoms with van der Waals surface area (Å²) in [6.45, 7) is 0. The van der Waals surface area contributed by atoms with Crippen LogP contribution in [0.5, 0.6) is 0 Å². The molecule has 3 rings (SSSR count). The Labute approximate surface area is 95.4 Å². The first kappa shape index (κ1) is 9.65. The lowest BCUT2D eigenvalue weighted by Crippen LogP contribution is -2.25. The molecule has 3 heteroatoms. The van der Waals surface area contributed by atoms with Gasteiger partial charge in [0.05, 0.1) is 17.8 Å². The lowest BCUT2D eigenvalue weighted by molar-refractivity contribution is 0.223. The highest BCUT2D eigenvalue weighted by Crippen LogP contribution is 2.41. The molecule has 2 saturated carbocycles. The van der Waals surface area contributed by atoms with Gasteiger partial charge >= 0.3 is 0 Å². The summed E-state index contributed by atoms with van der Waals surface area (Å²) in [5.41, 5.74) is 1.27. The Morgan fingerprint density at radius 2 is 2.25 bits per heavy atom. The van der Waals surface area contributed by atoms with Crippen LogP contribution in [0.3, 0.4) is 0 Å². The van der Waals surface area contributed by atoms with Crippen molar-refractivity contribution in [1.82, 2.24) is 9.78 Å². The first-order valence-electron chi connectivity index (χ1n) is 5.98. The first-order chi connectivity index (χ1) is 7.86. The molecular weight excluding hydrogens is 198 g/mol. The minimum Gasteiger partial charge on any atom is -0.269 e. The average molecular weight is 213 g/mol. The summed E-state index contributed by atoms with van der Waals surface area (Å²) in [5.74, 6) is 1.33. The number of rotatable bonds is 3. The summed E-state index contributed by atoms with van der Waals surface area (Å²) in [4.78, 5) is 0. The molecule has 0 unspecified atom stereocenters. The van der Waals surface area contributed by atoms with E-state index in [9.17, 15) is 0 Å². The van der Waals surface area contributed by atoms with Gasteiger partial charge in [-0.3, -0.25) is 4.68 Å². The third-order valence-electron chi connectivity index (χ3n) is 3.59. The van der Waals surface area contributed by atoms with Crippen molar-refractivity contribution in [3.05, 3.63) is 30.1 Å². The lowest BCUT2D eigenvalue weighted by atomic mass is 9.80. The van der Waals surface area contributed by atoms with Crippen LogP contribution in [0.1, 0.15) is 43.3 Å². The maximum atomic E-state index is 8.43. The van der Waals surface area contributed by atoms with Crippen molar-refractivity contribution in [2.24, 2.45) is 5.92 Å². The minimum absolute atomic E-state index is 0.556. The molecular formula is C13H15N3. The Balaban J connectivity index is 1.59. The molecule has 2 fully saturated rings. The van der Waals surface area contributed by atoms with E-state index < -0.39 is 0 Å². The molecule has 1 aromatic heterocycles. The van der Waals surface area contributed by atoms with Gasteiger partial charge in [0.15, 0.2) is 0 Å². The molecule has 0 radical (unpaired) electrons. The monoisotopic (exact) mass is 213 g/mol. The smallest absolute Gasteiger partial charge is 0.0908 e. The lowest BCUT2D eigenvalue weighted by Gasteiger charge is -2.33. The van der Waals surface area contributed by atoms with E-state index in [-0.39, 0.29) is 0 Å². The van der Waals surface area contributed by atoms with Gasteiger partial charge in [0, 0.05) is 18.2 Å². The SMILES string of the molecule is N#C/C=C/[C@H]1C[C@H](n2ccc(C3CC3)n2)C1. The Kier molecular flexibility index (Phi) is 2.28. The first-order valence-corrected chi connectivity index (χ1v) is 5.98. The maximum absolute atomic E-state index is 8.43. The van der Waals surface area contributed by atoms with Crippen molar-refractivity contribution in [3.63, 3.8) is 0 Å². The van der Waals surface area contributed by atoms with Crippen molar-refractivity contribution < 1.29 is 0 Å². The summed E-state index contributed by atoms with van der Waals surface area (Å²) in [6, 6.07) is 4.76. The molecule has 1 aromatic rings. The number of hydrogen-bond acceptors (Lipinski definition) is 2. The van der Waals surface area contributed by atoms with Crippen molar-refractivity contribution >= 4 is 0 Å². The Morgan fingerprint density at radius 3 is 2.94 bits per heavy atom. The number of hydrogen-bond donors (Lipinski definition) is 0. The van der Waals surface area contributed by atoms with E-state index >= 15 is 0 Å². The second-order valence-corrected chi connectivity index (χ2v) is 4.87. The van der Waals surface area contributed by atoms with Crippen LogP contribution in [0.15, 0.2) is 24.4 Å². The van der Waals surface area contributed by atoms with Gasteiger partial charge in [-0.2, -0.15) is 10.4 Å². The fourth-order valence-electron chi connectivity index (χ4n) is 2.34. The fraction of sp³-hybridized carbons (Fsp3) is 0.538. The quantitative estimate of drug-likeness (QED) is 0.724. The highest BCUT2D eigenvalue weighted by atomic mass is 15.3. The third kappa shape index (κ3) is 1.76. The van der Waals surface area contributed by atoms with Gasteiger partial charge in [0.2, 0.25) is 0 Å². The number of nitriles is 1. The van der Waals surface area contributed by atoms with E-state index in [1.807, 2.05) is 12.1 Å². The maximum Gasteiger partial charge on any atom is 0.0908 e. The van der Waals surface area contributed by atoms with Gasteiger partial charge in [0.1, 0.15) is 0 Å². The largest absolute Gasteiger partial charge is 0.269 e. The van der Waals surface area contributed by atoms with Crippen LogP contribution < -0.4 is 0 Å². The van der Waals surface area contributed by atoms with E-state index in [1.165, 1.54) is 18.5 Å². The molecule has 0 aromatic carbocycles. The summed E-state index contributed by atoms with van der Waals surface area (Å²) in [5, 5.41) is 13.1. The standard InChI is InChI=1S/C13H15N3/c14-6-1-2-10-8-12(9-10)16-7-5-13(15-16)11-3-4-11/h1-2,5,7,10-12H,3-4,8-9H2/b2-1+/t10-,12-. The van der Waals surface area contributed by atoms with Crippen LogP contribution >= 0.6 is 0 Å². The van der Waals surface area contributed by atoms with Crippen LogP contribution in [-0.4, -0.2) is 9.78 Å². The Morgan fingerprint density at radius 1 is 1.44 bits per heavy atom. The summed E-state index contributed by atoms with van der Waals surface area (Å²) < 4.78 is 2.12. The number of nitrogens with zero attached hydrogens (tertiary/aromatic N) is 3. The average Bonchev–Trinajstić information content (AvgIpc) is 2.97. The molecule has 0 atom stereocenters. The minimum atomic E-state index is 0.556. The van der Waals surface area contributed by atoms with Gasteiger partial charge in [-0.05, 0) is 37.7 Å². The third-order valence-corrected chi connectivity index (χ3v) is 3.59.